The molecule has 6 rings (SSSR count). The minimum atomic E-state index is -0.547. The quantitative estimate of drug-likeness (QED) is 0.167. The van der Waals surface area contributed by atoms with E-state index in [0.717, 1.165) is 30.8 Å². The van der Waals surface area contributed by atoms with Crippen LogP contribution in [0.1, 0.15) is 42.1 Å². The SMILES string of the molecule is N#Cc1cnc2c(Cl)cc(N[C@@H](c3ccccc3)c3cn(CCCN4CCCC4)nn3)cc2c1Nc1ccc(Cl)cc1F. The van der Waals surface area contributed by atoms with Crippen molar-refractivity contribution in [3.05, 3.63) is 106 Å². The van der Waals surface area contributed by atoms with Crippen molar-refractivity contribution >= 4 is 51.2 Å². The highest BCUT2D eigenvalue weighted by molar-refractivity contribution is 6.36. The van der Waals surface area contributed by atoms with Gasteiger partial charge in [-0.25, -0.2) is 4.39 Å². The molecule has 0 spiro atoms. The van der Waals surface area contributed by atoms with Crippen LogP contribution in [-0.2, 0) is 6.54 Å². The number of aromatic nitrogens is 4. The predicted molar refractivity (Wildman–Crippen MR) is 168 cm³/mol. The molecule has 0 bridgehead atoms. The molecule has 218 valence electrons. The first kappa shape index (κ1) is 28.9. The Balaban J connectivity index is 1.33. The summed E-state index contributed by atoms with van der Waals surface area (Å²) in [6.07, 6.45) is 6.96. The molecule has 43 heavy (non-hydrogen) atoms. The van der Waals surface area contributed by atoms with Crippen LogP contribution >= 0.6 is 23.2 Å². The third-order valence-corrected chi connectivity index (χ3v) is 8.12. The number of anilines is 3. The van der Waals surface area contributed by atoms with Crippen LogP contribution in [0.25, 0.3) is 10.9 Å². The number of nitriles is 1. The zero-order valence-electron chi connectivity index (χ0n) is 23.3. The lowest BCUT2D eigenvalue weighted by molar-refractivity contribution is 0.321. The van der Waals surface area contributed by atoms with Gasteiger partial charge in [-0.15, -0.1) is 5.10 Å². The number of benzene rings is 3. The summed E-state index contributed by atoms with van der Waals surface area (Å²) >= 11 is 12.7. The van der Waals surface area contributed by atoms with Gasteiger partial charge in [-0.2, -0.15) is 5.26 Å². The highest BCUT2D eigenvalue weighted by Crippen LogP contribution is 2.37. The maximum atomic E-state index is 14.7. The minimum absolute atomic E-state index is 0.173. The summed E-state index contributed by atoms with van der Waals surface area (Å²) in [5, 5.41) is 26.6. The molecule has 5 aromatic rings. The van der Waals surface area contributed by atoms with Gasteiger partial charge >= 0.3 is 0 Å². The van der Waals surface area contributed by atoms with Crippen molar-refractivity contribution in [3.63, 3.8) is 0 Å². The number of rotatable bonds is 10. The second-order valence-electron chi connectivity index (χ2n) is 10.6. The van der Waals surface area contributed by atoms with Crippen LogP contribution in [0.2, 0.25) is 10.0 Å². The van der Waals surface area contributed by atoms with Crippen LogP contribution in [0, 0.1) is 17.1 Å². The molecule has 3 heterocycles. The summed E-state index contributed by atoms with van der Waals surface area (Å²) in [5.41, 5.74) is 3.70. The molecule has 1 aliphatic heterocycles. The van der Waals surface area contributed by atoms with Gasteiger partial charge in [0.1, 0.15) is 17.6 Å². The molecule has 11 heteroatoms. The lowest BCUT2D eigenvalue weighted by Crippen LogP contribution is -2.21. The first-order chi connectivity index (χ1) is 21.0. The van der Waals surface area contributed by atoms with Gasteiger partial charge in [0.2, 0.25) is 0 Å². The Morgan fingerprint density at radius 2 is 1.84 bits per heavy atom. The molecule has 0 aliphatic carbocycles. The highest BCUT2D eigenvalue weighted by atomic mass is 35.5. The van der Waals surface area contributed by atoms with Crippen molar-refractivity contribution in [2.75, 3.05) is 30.3 Å². The minimum Gasteiger partial charge on any atom is -0.373 e. The molecule has 0 unspecified atom stereocenters. The number of halogens is 3. The van der Waals surface area contributed by atoms with Crippen LogP contribution in [0.15, 0.2) is 73.1 Å². The number of hydrogen-bond donors (Lipinski definition) is 2. The Labute approximate surface area is 259 Å². The van der Waals surface area contributed by atoms with Gasteiger partial charge in [0.25, 0.3) is 0 Å². The van der Waals surface area contributed by atoms with Gasteiger partial charge in [-0.3, -0.25) is 9.67 Å². The molecule has 1 saturated heterocycles. The molecule has 0 saturated carbocycles. The monoisotopic (exact) mass is 614 g/mol. The van der Waals surface area contributed by atoms with Crippen LogP contribution in [0.5, 0.6) is 0 Å². The fraction of sp³-hybridized carbons (Fsp3) is 0.250. The Kier molecular flexibility index (Phi) is 8.70. The van der Waals surface area contributed by atoms with Gasteiger partial charge in [0, 0.05) is 28.8 Å². The lowest BCUT2D eigenvalue weighted by Gasteiger charge is -2.20. The fourth-order valence-electron chi connectivity index (χ4n) is 5.45. The molecule has 0 amide bonds. The highest BCUT2D eigenvalue weighted by Gasteiger charge is 2.21. The first-order valence-electron chi connectivity index (χ1n) is 14.2. The average Bonchev–Trinajstić information content (AvgIpc) is 3.71. The molecular weight excluding hydrogens is 586 g/mol. The van der Waals surface area contributed by atoms with Gasteiger partial charge in [0.05, 0.1) is 39.7 Å². The smallest absolute Gasteiger partial charge is 0.148 e. The Morgan fingerprint density at radius 1 is 1.02 bits per heavy atom. The molecule has 1 fully saturated rings. The third-order valence-electron chi connectivity index (χ3n) is 7.59. The van der Waals surface area contributed by atoms with Crippen molar-refractivity contribution in [2.45, 2.75) is 31.8 Å². The summed E-state index contributed by atoms with van der Waals surface area (Å²) < 4.78 is 16.6. The van der Waals surface area contributed by atoms with Crippen molar-refractivity contribution in [3.8, 4) is 6.07 Å². The van der Waals surface area contributed by atoms with Crippen molar-refractivity contribution < 1.29 is 4.39 Å². The number of fused-ring (bicyclic) bond motifs is 1. The van der Waals surface area contributed by atoms with E-state index in [9.17, 15) is 9.65 Å². The van der Waals surface area contributed by atoms with Crippen molar-refractivity contribution in [1.82, 2.24) is 24.9 Å². The van der Waals surface area contributed by atoms with E-state index < -0.39 is 5.82 Å². The summed E-state index contributed by atoms with van der Waals surface area (Å²) in [6, 6.07) is 19.7. The molecule has 3 aromatic carbocycles. The normalized spacial score (nSPS) is 14.1. The molecule has 8 nitrogen and oxygen atoms in total. The number of nitrogens with one attached hydrogen (secondary N) is 2. The van der Waals surface area contributed by atoms with Crippen LogP contribution in [0.3, 0.4) is 0 Å². The number of nitrogens with zero attached hydrogens (tertiary/aromatic N) is 6. The topological polar surface area (TPSA) is 94.7 Å². The van der Waals surface area contributed by atoms with Gasteiger partial charge in [-0.1, -0.05) is 58.7 Å². The van der Waals surface area contributed by atoms with E-state index in [4.69, 9.17) is 23.2 Å². The predicted octanol–water partition coefficient (Wildman–Crippen LogP) is 7.57. The van der Waals surface area contributed by atoms with Crippen LogP contribution in [0.4, 0.5) is 21.5 Å². The zero-order chi connectivity index (χ0) is 29.8. The maximum Gasteiger partial charge on any atom is 0.148 e. The molecule has 1 atom stereocenters. The Hall–Kier alpha value is -4.23. The molecular formula is C32H29Cl2FN8. The van der Waals surface area contributed by atoms with E-state index in [0.29, 0.717) is 27.3 Å². The maximum absolute atomic E-state index is 14.7. The second kappa shape index (κ2) is 13.0. The molecule has 0 radical (unpaired) electrons. The number of likely N-dealkylation sites (tertiary alicyclic amines) is 1. The Morgan fingerprint density at radius 3 is 2.60 bits per heavy atom. The van der Waals surface area contributed by atoms with Crippen LogP contribution < -0.4 is 10.6 Å². The van der Waals surface area contributed by atoms with E-state index in [1.165, 1.54) is 44.3 Å². The molecule has 2 N–H and O–H groups in total. The van der Waals surface area contributed by atoms with Crippen LogP contribution in [-0.4, -0.2) is 44.5 Å². The van der Waals surface area contributed by atoms with E-state index in [-0.39, 0.29) is 22.3 Å². The summed E-state index contributed by atoms with van der Waals surface area (Å²) in [7, 11) is 0. The third kappa shape index (κ3) is 6.57. The van der Waals surface area contributed by atoms with Gasteiger partial charge < -0.3 is 15.5 Å². The number of pyridine rings is 1. The second-order valence-corrected chi connectivity index (χ2v) is 11.4. The molecule has 1 aliphatic rings. The van der Waals surface area contributed by atoms with Gasteiger partial charge in [-0.05, 0) is 74.8 Å². The summed E-state index contributed by atoms with van der Waals surface area (Å²) in [6.45, 7) is 4.19. The average molecular weight is 616 g/mol. The van der Waals surface area contributed by atoms with Crippen molar-refractivity contribution in [2.24, 2.45) is 0 Å². The fourth-order valence-corrected chi connectivity index (χ4v) is 5.87. The van der Waals surface area contributed by atoms with E-state index in [2.05, 4.69) is 36.9 Å². The zero-order valence-corrected chi connectivity index (χ0v) is 24.8. The lowest BCUT2D eigenvalue weighted by atomic mass is 10.0. The number of aryl methyl sites for hydroxylation is 1. The van der Waals surface area contributed by atoms with E-state index >= 15 is 0 Å². The van der Waals surface area contributed by atoms with Gasteiger partial charge in [0.15, 0.2) is 0 Å². The van der Waals surface area contributed by atoms with E-state index in [1.54, 1.807) is 12.1 Å². The summed E-state index contributed by atoms with van der Waals surface area (Å²) in [4.78, 5) is 6.91. The Bertz CT molecular complexity index is 1780. The van der Waals surface area contributed by atoms with E-state index in [1.807, 2.05) is 47.3 Å². The molecule has 2 aromatic heterocycles. The largest absolute Gasteiger partial charge is 0.373 e. The number of hydrogen-bond acceptors (Lipinski definition) is 7. The van der Waals surface area contributed by atoms with Crippen molar-refractivity contribution in [1.29, 1.82) is 5.26 Å². The first-order valence-corrected chi connectivity index (χ1v) is 14.9. The summed E-state index contributed by atoms with van der Waals surface area (Å²) in [5.74, 6) is -0.547. The standard InChI is InChI=1S/C32H29Cl2FN8/c33-23-9-10-28(27(35)15-23)39-30-22(18-36)19-37-32-25(30)16-24(17-26(32)34)38-31(21-7-2-1-3-8-21)29-20-43(41-40-29)14-6-13-42-11-4-5-12-42/h1-3,7-10,15-17,19-20,31,38H,4-6,11-14H2,(H,37,39)/t31-/m0/s1.